The summed E-state index contributed by atoms with van der Waals surface area (Å²) in [7, 11) is 0. The van der Waals surface area contributed by atoms with Gasteiger partial charge in [-0.1, -0.05) is 27.7 Å². The van der Waals surface area contributed by atoms with Gasteiger partial charge < -0.3 is 15.3 Å². The van der Waals surface area contributed by atoms with E-state index in [-0.39, 0.29) is 12.1 Å². The van der Waals surface area contributed by atoms with Crippen molar-refractivity contribution in [1.29, 1.82) is 0 Å². The molecule has 0 unspecified atom stereocenters. The van der Waals surface area contributed by atoms with Crippen LogP contribution in [0.2, 0.25) is 0 Å². The van der Waals surface area contributed by atoms with Gasteiger partial charge in [0.25, 0.3) is 0 Å². The number of amides is 2. The third-order valence-corrected chi connectivity index (χ3v) is 2.73. The van der Waals surface area contributed by atoms with E-state index in [1.54, 1.807) is 25.7 Å². The van der Waals surface area contributed by atoms with Crippen LogP contribution in [0.25, 0.3) is 0 Å². The molecule has 0 aromatic carbocycles. The average Bonchev–Trinajstić information content (AvgIpc) is 2.19. The summed E-state index contributed by atoms with van der Waals surface area (Å²) in [5.41, 5.74) is -0.518. The molecule has 0 aliphatic carbocycles. The van der Waals surface area contributed by atoms with E-state index >= 15 is 0 Å². The zero-order valence-electron chi connectivity index (χ0n) is 12.3. The molecule has 2 N–H and O–H groups in total. The fourth-order valence-electron chi connectivity index (χ4n) is 1.69. The fourth-order valence-corrected chi connectivity index (χ4v) is 1.69. The van der Waals surface area contributed by atoms with Crippen LogP contribution >= 0.6 is 0 Å². The fraction of sp³-hybridized carbons (Fsp3) is 0.846. The van der Waals surface area contributed by atoms with Crippen LogP contribution in [-0.2, 0) is 4.79 Å². The van der Waals surface area contributed by atoms with E-state index < -0.39 is 17.4 Å². The van der Waals surface area contributed by atoms with E-state index in [4.69, 9.17) is 0 Å². The number of rotatable bonds is 5. The topological polar surface area (TPSA) is 69.6 Å². The monoisotopic (exact) mass is 258 g/mol. The SMILES string of the molecule is CCCN(C(=O)N[C@@H](C(=O)O)C(C)(C)C)C(C)C. The summed E-state index contributed by atoms with van der Waals surface area (Å²) in [4.78, 5) is 24.9. The number of carbonyl (C=O) groups excluding carboxylic acids is 1. The van der Waals surface area contributed by atoms with Crippen molar-refractivity contribution in [3.8, 4) is 0 Å². The molecule has 18 heavy (non-hydrogen) atoms. The van der Waals surface area contributed by atoms with Gasteiger partial charge in [0.15, 0.2) is 0 Å². The van der Waals surface area contributed by atoms with E-state index in [2.05, 4.69) is 5.32 Å². The van der Waals surface area contributed by atoms with E-state index in [1.807, 2.05) is 20.8 Å². The van der Waals surface area contributed by atoms with Crippen molar-refractivity contribution in [3.05, 3.63) is 0 Å². The Balaban J connectivity index is 4.83. The van der Waals surface area contributed by atoms with E-state index in [0.29, 0.717) is 6.54 Å². The smallest absolute Gasteiger partial charge is 0.326 e. The second-order valence-electron chi connectivity index (χ2n) is 5.87. The zero-order valence-corrected chi connectivity index (χ0v) is 12.3. The molecule has 5 nitrogen and oxygen atoms in total. The quantitative estimate of drug-likeness (QED) is 0.795. The summed E-state index contributed by atoms with van der Waals surface area (Å²) in [6, 6.07) is -1.14. The highest BCUT2D eigenvalue weighted by atomic mass is 16.4. The Morgan fingerprint density at radius 1 is 1.28 bits per heavy atom. The minimum atomic E-state index is -1.00. The molecule has 0 rings (SSSR count). The van der Waals surface area contributed by atoms with Crippen molar-refractivity contribution in [1.82, 2.24) is 10.2 Å². The molecule has 0 saturated heterocycles. The Hall–Kier alpha value is -1.26. The molecular weight excluding hydrogens is 232 g/mol. The van der Waals surface area contributed by atoms with Crippen LogP contribution in [0.15, 0.2) is 0 Å². The van der Waals surface area contributed by atoms with Crippen molar-refractivity contribution < 1.29 is 14.7 Å². The average molecular weight is 258 g/mol. The molecule has 0 heterocycles. The molecule has 0 fully saturated rings. The Kier molecular flexibility index (Phi) is 6.15. The van der Waals surface area contributed by atoms with Crippen molar-refractivity contribution in [2.45, 2.75) is 60.0 Å². The molecule has 0 saturated carbocycles. The van der Waals surface area contributed by atoms with Crippen LogP contribution in [0, 0.1) is 5.41 Å². The number of carboxylic acid groups (broad SMARTS) is 1. The number of carboxylic acids is 1. The highest BCUT2D eigenvalue weighted by molar-refractivity contribution is 5.83. The summed E-state index contributed by atoms with van der Waals surface area (Å²) in [5, 5.41) is 11.8. The predicted molar refractivity (Wildman–Crippen MR) is 71.5 cm³/mol. The number of nitrogens with one attached hydrogen (secondary N) is 1. The number of aliphatic carboxylic acids is 1. The van der Waals surface area contributed by atoms with Crippen molar-refractivity contribution >= 4 is 12.0 Å². The van der Waals surface area contributed by atoms with Crippen LogP contribution in [0.4, 0.5) is 4.79 Å². The number of hydrogen-bond acceptors (Lipinski definition) is 2. The van der Waals surface area contributed by atoms with Gasteiger partial charge in [0.2, 0.25) is 0 Å². The molecule has 5 heteroatoms. The molecule has 0 aliphatic rings. The highest BCUT2D eigenvalue weighted by Crippen LogP contribution is 2.19. The Morgan fingerprint density at radius 3 is 2.06 bits per heavy atom. The first-order valence-electron chi connectivity index (χ1n) is 6.41. The second kappa shape index (κ2) is 6.61. The maximum atomic E-state index is 12.1. The summed E-state index contributed by atoms with van der Waals surface area (Å²) in [5.74, 6) is -1.00. The molecule has 0 aromatic heterocycles. The van der Waals surface area contributed by atoms with E-state index in [9.17, 15) is 14.7 Å². The molecule has 0 radical (unpaired) electrons. The summed E-state index contributed by atoms with van der Waals surface area (Å²) < 4.78 is 0. The number of carbonyl (C=O) groups is 2. The van der Waals surface area contributed by atoms with E-state index in [1.165, 1.54) is 0 Å². The van der Waals surface area contributed by atoms with Crippen LogP contribution in [0.5, 0.6) is 0 Å². The first-order valence-corrected chi connectivity index (χ1v) is 6.41. The lowest BCUT2D eigenvalue weighted by Crippen LogP contribution is -2.54. The molecule has 1 atom stereocenters. The highest BCUT2D eigenvalue weighted by Gasteiger charge is 2.33. The van der Waals surface area contributed by atoms with Gasteiger partial charge in [-0.05, 0) is 25.7 Å². The predicted octanol–water partition coefficient (Wildman–Crippen LogP) is 2.32. The number of nitrogens with zero attached hydrogens (tertiary/aromatic N) is 1. The lowest BCUT2D eigenvalue weighted by Gasteiger charge is -2.32. The Bertz CT molecular complexity index is 295. The Labute approximate surface area is 110 Å². The maximum absolute atomic E-state index is 12.1. The van der Waals surface area contributed by atoms with Crippen LogP contribution in [-0.4, -0.2) is 40.6 Å². The summed E-state index contributed by atoms with van der Waals surface area (Å²) in [6.07, 6.45) is 0.846. The van der Waals surface area contributed by atoms with Crippen molar-refractivity contribution in [3.63, 3.8) is 0 Å². The van der Waals surface area contributed by atoms with E-state index in [0.717, 1.165) is 6.42 Å². The third-order valence-electron chi connectivity index (χ3n) is 2.73. The Morgan fingerprint density at radius 2 is 1.78 bits per heavy atom. The first-order chi connectivity index (χ1) is 8.11. The van der Waals surface area contributed by atoms with Gasteiger partial charge in [-0.2, -0.15) is 0 Å². The first kappa shape index (κ1) is 16.7. The summed E-state index contributed by atoms with van der Waals surface area (Å²) >= 11 is 0. The second-order valence-corrected chi connectivity index (χ2v) is 5.87. The van der Waals surface area contributed by atoms with Gasteiger partial charge >= 0.3 is 12.0 Å². The van der Waals surface area contributed by atoms with Gasteiger partial charge in [0.1, 0.15) is 6.04 Å². The molecule has 0 bridgehead atoms. The normalized spacial score (nSPS) is 13.3. The molecular formula is C13H26N2O3. The maximum Gasteiger partial charge on any atom is 0.326 e. The van der Waals surface area contributed by atoms with Gasteiger partial charge in [-0.25, -0.2) is 9.59 Å². The minimum absolute atomic E-state index is 0.0550. The third kappa shape index (κ3) is 4.94. The lowest BCUT2D eigenvalue weighted by molar-refractivity contribution is -0.142. The van der Waals surface area contributed by atoms with Gasteiger partial charge in [0.05, 0.1) is 0 Å². The van der Waals surface area contributed by atoms with Gasteiger partial charge in [-0.15, -0.1) is 0 Å². The standard InChI is InChI=1S/C13H26N2O3/c1-7-8-15(9(2)3)12(18)14-10(11(16)17)13(4,5)6/h9-10H,7-8H2,1-6H3,(H,14,18)(H,16,17)/t10-/m0/s1. The number of hydrogen-bond donors (Lipinski definition) is 2. The van der Waals surface area contributed by atoms with Crippen molar-refractivity contribution in [2.24, 2.45) is 5.41 Å². The molecule has 0 spiro atoms. The molecule has 2 amide bonds. The lowest BCUT2D eigenvalue weighted by atomic mass is 9.87. The van der Waals surface area contributed by atoms with Gasteiger partial charge in [0, 0.05) is 12.6 Å². The summed E-state index contributed by atoms with van der Waals surface area (Å²) in [6.45, 7) is 11.8. The molecule has 0 aromatic rings. The molecule has 0 aliphatic heterocycles. The van der Waals surface area contributed by atoms with Crippen LogP contribution < -0.4 is 5.32 Å². The largest absolute Gasteiger partial charge is 0.480 e. The zero-order chi connectivity index (χ0) is 14.5. The van der Waals surface area contributed by atoms with Crippen LogP contribution in [0.1, 0.15) is 48.0 Å². The van der Waals surface area contributed by atoms with Crippen molar-refractivity contribution in [2.75, 3.05) is 6.54 Å². The molecule has 106 valence electrons. The minimum Gasteiger partial charge on any atom is -0.480 e. The van der Waals surface area contributed by atoms with Crippen LogP contribution in [0.3, 0.4) is 0 Å². The van der Waals surface area contributed by atoms with Gasteiger partial charge in [-0.3, -0.25) is 0 Å². The number of urea groups is 1.